The molecule has 0 aliphatic heterocycles. The minimum absolute atomic E-state index is 0. The Kier molecular flexibility index (Phi) is 7.61. The monoisotopic (exact) mass is 278 g/mol. The lowest BCUT2D eigenvalue weighted by Gasteiger charge is -2.08. The summed E-state index contributed by atoms with van der Waals surface area (Å²) in [5.41, 5.74) is 0.715. The van der Waals surface area contributed by atoms with Crippen molar-refractivity contribution in [1.82, 2.24) is 5.32 Å². The van der Waals surface area contributed by atoms with Gasteiger partial charge in [-0.2, -0.15) is 0 Å². The zero-order valence-corrected chi connectivity index (χ0v) is 10.9. The molecule has 2 N–H and O–H groups in total. The average molecular weight is 279 g/mol. The summed E-state index contributed by atoms with van der Waals surface area (Å²) in [5, 5.41) is 17.1. The molecule has 5 nitrogen and oxygen atoms in total. The first-order chi connectivity index (χ1) is 7.65. The van der Waals surface area contributed by atoms with Gasteiger partial charge in [0.2, 0.25) is 0 Å². The number of anilines is 1. The quantitative estimate of drug-likeness (QED) is 0.409. The highest BCUT2D eigenvalue weighted by Crippen LogP contribution is 2.26. The van der Waals surface area contributed by atoms with Crippen molar-refractivity contribution in [3.05, 3.63) is 33.3 Å². The molecule has 0 aromatic heterocycles. The van der Waals surface area contributed by atoms with Crippen LogP contribution in [0.15, 0.2) is 18.2 Å². The predicted molar refractivity (Wildman–Crippen MR) is 65.1 cm³/mol. The van der Waals surface area contributed by atoms with Crippen LogP contribution in [0.2, 0.25) is 5.02 Å². The SMILES string of the molecule is CCNCCNc1ccc([N+](=O)[O-])cc1Cl.[Cl-]. The molecule has 0 bridgehead atoms. The van der Waals surface area contributed by atoms with Crippen molar-refractivity contribution in [2.24, 2.45) is 0 Å². The molecule has 1 rings (SSSR count). The van der Waals surface area contributed by atoms with Crippen LogP contribution in [-0.4, -0.2) is 24.6 Å². The van der Waals surface area contributed by atoms with Crippen LogP contribution in [0.3, 0.4) is 0 Å². The molecule has 0 amide bonds. The number of benzene rings is 1. The molecule has 0 atom stereocenters. The van der Waals surface area contributed by atoms with E-state index < -0.39 is 4.92 Å². The normalized spacial score (nSPS) is 9.53. The molecular weight excluding hydrogens is 265 g/mol. The Morgan fingerprint density at radius 2 is 2.12 bits per heavy atom. The molecule has 0 saturated carbocycles. The third-order valence-electron chi connectivity index (χ3n) is 2.03. The summed E-state index contributed by atoms with van der Waals surface area (Å²) in [4.78, 5) is 10.0. The number of nitrogens with zero attached hydrogens (tertiary/aromatic N) is 1. The van der Waals surface area contributed by atoms with Crippen molar-refractivity contribution in [2.45, 2.75) is 6.92 Å². The number of rotatable bonds is 6. The van der Waals surface area contributed by atoms with Gasteiger partial charge in [-0.3, -0.25) is 10.1 Å². The summed E-state index contributed by atoms with van der Waals surface area (Å²) < 4.78 is 0. The van der Waals surface area contributed by atoms with Crippen molar-refractivity contribution in [2.75, 3.05) is 25.0 Å². The number of hydrogen-bond acceptors (Lipinski definition) is 4. The van der Waals surface area contributed by atoms with E-state index in [2.05, 4.69) is 10.6 Å². The number of nitrogens with one attached hydrogen (secondary N) is 2. The van der Waals surface area contributed by atoms with Gasteiger partial charge in [0.1, 0.15) is 0 Å². The molecule has 1 aromatic carbocycles. The third-order valence-corrected chi connectivity index (χ3v) is 2.34. The van der Waals surface area contributed by atoms with Gasteiger partial charge in [-0.1, -0.05) is 18.5 Å². The number of nitro benzene ring substituents is 1. The molecule has 0 unspecified atom stereocenters. The van der Waals surface area contributed by atoms with Gasteiger partial charge in [-0.15, -0.1) is 0 Å². The van der Waals surface area contributed by atoms with Crippen LogP contribution in [-0.2, 0) is 0 Å². The maximum Gasteiger partial charge on any atom is 0.271 e. The summed E-state index contributed by atoms with van der Waals surface area (Å²) in [6.07, 6.45) is 0. The summed E-state index contributed by atoms with van der Waals surface area (Å²) in [6, 6.07) is 4.39. The zero-order chi connectivity index (χ0) is 12.0. The zero-order valence-electron chi connectivity index (χ0n) is 9.37. The second-order valence-corrected chi connectivity index (χ2v) is 3.61. The molecule has 0 heterocycles. The topological polar surface area (TPSA) is 67.2 Å². The largest absolute Gasteiger partial charge is 1.00 e. The molecule has 0 saturated heterocycles. The smallest absolute Gasteiger partial charge is 0.271 e. The fourth-order valence-electron chi connectivity index (χ4n) is 1.22. The van der Waals surface area contributed by atoms with Gasteiger partial charge in [0.15, 0.2) is 0 Å². The lowest BCUT2D eigenvalue weighted by molar-refractivity contribution is -0.384. The second kappa shape index (κ2) is 8.11. The minimum Gasteiger partial charge on any atom is -1.00 e. The number of likely N-dealkylation sites (N-methyl/N-ethyl adjacent to an activating group) is 1. The lowest BCUT2D eigenvalue weighted by Crippen LogP contribution is -3.00. The van der Waals surface area contributed by atoms with Crippen molar-refractivity contribution < 1.29 is 17.3 Å². The molecule has 7 heteroatoms. The number of nitro groups is 1. The first-order valence-corrected chi connectivity index (χ1v) is 5.41. The van der Waals surface area contributed by atoms with Crippen LogP contribution in [0.5, 0.6) is 0 Å². The fourth-order valence-corrected chi connectivity index (χ4v) is 1.46. The second-order valence-electron chi connectivity index (χ2n) is 3.20. The van der Waals surface area contributed by atoms with Gasteiger partial charge in [-0.05, 0) is 12.6 Å². The summed E-state index contributed by atoms with van der Waals surface area (Å²) in [6.45, 7) is 4.49. The molecule has 0 spiro atoms. The van der Waals surface area contributed by atoms with Crippen molar-refractivity contribution in [1.29, 1.82) is 0 Å². The molecule has 0 fully saturated rings. The Hall–Kier alpha value is -1.04. The molecule has 96 valence electrons. The van der Waals surface area contributed by atoms with E-state index in [1.807, 2.05) is 6.92 Å². The van der Waals surface area contributed by atoms with Crippen molar-refractivity contribution in [3.63, 3.8) is 0 Å². The maximum absolute atomic E-state index is 10.5. The Bertz CT molecular complexity index is 375. The van der Waals surface area contributed by atoms with Gasteiger partial charge in [0.25, 0.3) is 5.69 Å². The van der Waals surface area contributed by atoms with E-state index in [1.54, 1.807) is 6.07 Å². The standard InChI is InChI=1S/C10H14ClN3O2.ClH/c1-2-12-5-6-13-10-4-3-8(14(15)16)7-9(10)11;/h3-4,7,12-13H,2,5-6H2,1H3;1H/p-1. The van der Waals surface area contributed by atoms with Gasteiger partial charge in [0, 0.05) is 25.2 Å². The minimum atomic E-state index is -0.464. The van der Waals surface area contributed by atoms with E-state index in [0.29, 0.717) is 10.7 Å². The van der Waals surface area contributed by atoms with Gasteiger partial charge >= 0.3 is 0 Å². The van der Waals surface area contributed by atoms with E-state index in [4.69, 9.17) is 11.6 Å². The van der Waals surface area contributed by atoms with E-state index in [-0.39, 0.29) is 18.1 Å². The van der Waals surface area contributed by atoms with E-state index in [9.17, 15) is 10.1 Å². The molecule has 0 aliphatic carbocycles. The van der Waals surface area contributed by atoms with Crippen molar-refractivity contribution >= 4 is 23.0 Å². The van der Waals surface area contributed by atoms with Crippen LogP contribution >= 0.6 is 11.6 Å². The Morgan fingerprint density at radius 1 is 1.41 bits per heavy atom. The molecular formula is C10H14Cl2N3O2-. The number of hydrogen-bond donors (Lipinski definition) is 2. The van der Waals surface area contributed by atoms with Crippen LogP contribution in [0.25, 0.3) is 0 Å². The highest BCUT2D eigenvalue weighted by Gasteiger charge is 2.08. The highest BCUT2D eigenvalue weighted by molar-refractivity contribution is 6.33. The lowest BCUT2D eigenvalue weighted by atomic mass is 10.3. The van der Waals surface area contributed by atoms with Gasteiger partial charge in [0.05, 0.1) is 15.6 Å². The molecule has 1 aromatic rings. The summed E-state index contributed by atoms with van der Waals surface area (Å²) in [5.74, 6) is 0. The third kappa shape index (κ3) is 5.21. The summed E-state index contributed by atoms with van der Waals surface area (Å²) >= 11 is 5.90. The first-order valence-electron chi connectivity index (χ1n) is 5.03. The van der Waals surface area contributed by atoms with Crippen LogP contribution in [0, 0.1) is 10.1 Å². The van der Waals surface area contributed by atoms with Gasteiger partial charge < -0.3 is 23.0 Å². The maximum atomic E-state index is 10.5. The van der Waals surface area contributed by atoms with E-state index in [0.717, 1.165) is 19.6 Å². The van der Waals surface area contributed by atoms with Crippen LogP contribution < -0.4 is 23.0 Å². The van der Waals surface area contributed by atoms with Crippen LogP contribution in [0.4, 0.5) is 11.4 Å². The Labute approximate surface area is 111 Å². The summed E-state index contributed by atoms with van der Waals surface area (Å²) in [7, 11) is 0. The Morgan fingerprint density at radius 3 is 2.65 bits per heavy atom. The number of halogens is 2. The van der Waals surface area contributed by atoms with Gasteiger partial charge in [-0.25, -0.2) is 0 Å². The first kappa shape index (κ1) is 16.0. The average Bonchev–Trinajstić information content (AvgIpc) is 2.26. The van der Waals surface area contributed by atoms with Crippen molar-refractivity contribution in [3.8, 4) is 0 Å². The molecule has 0 aliphatic rings. The Balaban J connectivity index is 0.00000256. The van der Waals surface area contributed by atoms with E-state index >= 15 is 0 Å². The van der Waals surface area contributed by atoms with Crippen LogP contribution in [0.1, 0.15) is 6.92 Å². The molecule has 0 radical (unpaired) electrons. The number of non-ortho nitro benzene ring substituents is 1. The van der Waals surface area contributed by atoms with E-state index in [1.165, 1.54) is 12.1 Å². The highest BCUT2D eigenvalue weighted by atomic mass is 35.5. The predicted octanol–water partition coefficient (Wildman–Crippen LogP) is -0.726. The fraction of sp³-hybridized carbons (Fsp3) is 0.400. The molecule has 17 heavy (non-hydrogen) atoms.